The van der Waals surface area contributed by atoms with Crippen LogP contribution < -0.4 is 0 Å². The Morgan fingerprint density at radius 1 is 1.18 bits per heavy atom. The molecule has 3 atom stereocenters. The zero-order valence-electron chi connectivity index (χ0n) is 15.3. The number of esters is 1. The Labute approximate surface area is 161 Å². The predicted molar refractivity (Wildman–Crippen MR) is 98.8 cm³/mol. The Morgan fingerprint density at radius 3 is 2.46 bits per heavy atom. The summed E-state index contributed by atoms with van der Waals surface area (Å²) < 4.78 is 5.37. The van der Waals surface area contributed by atoms with Gasteiger partial charge in [-0.05, 0) is 30.2 Å². The number of carbonyl (C=O) groups excluding carboxylic acids is 2. The number of hydrogen-bond donors (Lipinski definition) is 0. The molecule has 8 heteroatoms. The van der Waals surface area contributed by atoms with Gasteiger partial charge in [0.2, 0.25) is 0 Å². The minimum absolute atomic E-state index is 0.0388. The summed E-state index contributed by atoms with van der Waals surface area (Å²) in [6, 6.07) is 14.4. The van der Waals surface area contributed by atoms with Crippen LogP contribution in [-0.4, -0.2) is 34.4 Å². The zero-order valence-corrected chi connectivity index (χ0v) is 15.3. The number of carbonyl (C=O) groups is 2. The van der Waals surface area contributed by atoms with E-state index in [-0.39, 0.29) is 12.3 Å². The van der Waals surface area contributed by atoms with Crippen LogP contribution in [0.4, 0.5) is 5.69 Å². The van der Waals surface area contributed by atoms with Crippen LogP contribution in [0.5, 0.6) is 0 Å². The van der Waals surface area contributed by atoms with Crippen LogP contribution in [0.2, 0.25) is 0 Å². The molecule has 146 valence electrons. The third-order valence-electron chi connectivity index (χ3n) is 4.63. The molecule has 0 unspecified atom stereocenters. The fourth-order valence-corrected chi connectivity index (χ4v) is 3.11. The van der Waals surface area contributed by atoms with E-state index in [2.05, 4.69) is 0 Å². The van der Waals surface area contributed by atoms with Crippen molar-refractivity contribution in [1.82, 2.24) is 5.06 Å². The van der Waals surface area contributed by atoms with Gasteiger partial charge >= 0.3 is 5.97 Å². The second kappa shape index (κ2) is 8.73. The summed E-state index contributed by atoms with van der Waals surface area (Å²) in [6.07, 6.45) is 0.270. The molecule has 1 aliphatic heterocycles. The molecule has 1 aliphatic rings. The first-order valence-electron chi connectivity index (χ1n) is 8.82. The largest absolute Gasteiger partial charge is 0.460 e. The number of aldehydes is 1. The minimum atomic E-state index is -0.856. The number of ether oxygens (including phenoxy) is 1. The fourth-order valence-electron chi connectivity index (χ4n) is 3.11. The van der Waals surface area contributed by atoms with Gasteiger partial charge in [-0.2, -0.15) is 5.06 Å². The topological polar surface area (TPSA) is 99.0 Å². The van der Waals surface area contributed by atoms with Crippen molar-refractivity contribution < 1.29 is 24.1 Å². The summed E-state index contributed by atoms with van der Waals surface area (Å²) in [7, 11) is 0. The summed E-state index contributed by atoms with van der Waals surface area (Å²) >= 11 is 0. The summed E-state index contributed by atoms with van der Waals surface area (Å²) in [4.78, 5) is 40.2. The summed E-state index contributed by atoms with van der Waals surface area (Å²) in [5, 5.41) is 12.2. The van der Waals surface area contributed by atoms with Crippen molar-refractivity contribution in [1.29, 1.82) is 0 Å². The smallest absolute Gasteiger partial charge is 0.326 e. The molecule has 1 saturated heterocycles. The van der Waals surface area contributed by atoms with Crippen molar-refractivity contribution in [3.05, 3.63) is 75.8 Å². The Bertz CT molecular complexity index is 840. The number of nitro benzene ring substituents is 1. The van der Waals surface area contributed by atoms with E-state index in [9.17, 15) is 19.7 Å². The number of nitrogens with zero attached hydrogens (tertiary/aromatic N) is 2. The average molecular weight is 384 g/mol. The van der Waals surface area contributed by atoms with Gasteiger partial charge in [0.25, 0.3) is 5.69 Å². The molecule has 0 N–H and O–H groups in total. The number of non-ortho nitro benzene ring substituents is 1. The maximum Gasteiger partial charge on any atom is 0.326 e. The molecule has 1 fully saturated rings. The van der Waals surface area contributed by atoms with Crippen LogP contribution in [0.1, 0.15) is 18.1 Å². The van der Waals surface area contributed by atoms with Gasteiger partial charge in [0.05, 0.1) is 23.5 Å². The molecule has 2 aromatic rings. The van der Waals surface area contributed by atoms with Crippen molar-refractivity contribution in [2.45, 2.75) is 32.2 Å². The molecule has 0 bridgehead atoms. The molecule has 0 aromatic heterocycles. The molecular formula is C20H20N2O6. The molecule has 0 spiro atoms. The van der Waals surface area contributed by atoms with Crippen LogP contribution in [0.15, 0.2) is 54.6 Å². The molecule has 0 aliphatic carbocycles. The van der Waals surface area contributed by atoms with Crippen molar-refractivity contribution in [2.75, 3.05) is 0 Å². The molecule has 3 rings (SSSR count). The van der Waals surface area contributed by atoms with E-state index in [1.165, 1.54) is 29.3 Å². The summed E-state index contributed by atoms with van der Waals surface area (Å²) in [5.74, 6) is -1.22. The molecule has 28 heavy (non-hydrogen) atoms. The van der Waals surface area contributed by atoms with Gasteiger partial charge in [-0.15, -0.1) is 0 Å². The summed E-state index contributed by atoms with van der Waals surface area (Å²) in [6.45, 7) is 2.03. The SMILES string of the molecule is C[C@H]1ON(Cc2ccccc2)[C@@H](C(=O)OCc2ccc([N+](=O)[O-])cc2)[C@@H]1C=O. The van der Waals surface area contributed by atoms with Crippen LogP contribution in [0.3, 0.4) is 0 Å². The second-order valence-electron chi connectivity index (χ2n) is 6.56. The lowest BCUT2D eigenvalue weighted by Gasteiger charge is -2.22. The van der Waals surface area contributed by atoms with E-state index in [1.807, 2.05) is 30.3 Å². The molecule has 2 aromatic carbocycles. The fraction of sp³-hybridized carbons (Fsp3) is 0.300. The maximum atomic E-state index is 12.7. The molecule has 1 heterocycles. The van der Waals surface area contributed by atoms with Crippen LogP contribution in [0.25, 0.3) is 0 Å². The summed E-state index contributed by atoms with van der Waals surface area (Å²) in [5.41, 5.74) is 1.51. The van der Waals surface area contributed by atoms with Crippen molar-refractivity contribution in [2.24, 2.45) is 5.92 Å². The van der Waals surface area contributed by atoms with Gasteiger partial charge in [0.1, 0.15) is 18.9 Å². The van der Waals surface area contributed by atoms with Crippen molar-refractivity contribution in [3.8, 4) is 0 Å². The van der Waals surface area contributed by atoms with E-state index in [0.717, 1.165) is 5.56 Å². The predicted octanol–water partition coefficient (Wildman–Crippen LogP) is 2.66. The molecular weight excluding hydrogens is 364 g/mol. The number of benzene rings is 2. The second-order valence-corrected chi connectivity index (χ2v) is 6.56. The molecule has 0 radical (unpaired) electrons. The standard InChI is InChI=1S/C20H20N2O6/c1-14-18(12-23)19(21(28-14)11-15-5-3-2-4-6-15)20(24)27-13-16-7-9-17(10-8-16)22(25)26/h2-10,12,14,18-19H,11,13H2,1H3/t14-,18-,19-/m1/s1. The highest BCUT2D eigenvalue weighted by atomic mass is 16.7. The van der Waals surface area contributed by atoms with E-state index < -0.39 is 29.0 Å². The highest BCUT2D eigenvalue weighted by Crippen LogP contribution is 2.29. The van der Waals surface area contributed by atoms with E-state index in [1.54, 1.807) is 6.92 Å². The van der Waals surface area contributed by atoms with Gasteiger partial charge in [0.15, 0.2) is 0 Å². The molecule has 8 nitrogen and oxygen atoms in total. The van der Waals surface area contributed by atoms with Gasteiger partial charge in [0, 0.05) is 12.1 Å². The third kappa shape index (κ3) is 4.41. The average Bonchev–Trinajstić information content (AvgIpc) is 3.02. The van der Waals surface area contributed by atoms with Gasteiger partial charge in [-0.25, -0.2) is 0 Å². The van der Waals surface area contributed by atoms with Gasteiger partial charge < -0.3 is 9.53 Å². The lowest BCUT2D eigenvalue weighted by atomic mass is 9.97. The zero-order chi connectivity index (χ0) is 20.1. The maximum absolute atomic E-state index is 12.7. The number of nitro groups is 1. The quantitative estimate of drug-likeness (QED) is 0.313. The molecule has 0 saturated carbocycles. The van der Waals surface area contributed by atoms with Crippen LogP contribution in [0, 0.1) is 16.0 Å². The van der Waals surface area contributed by atoms with E-state index in [0.29, 0.717) is 18.4 Å². The van der Waals surface area contributed by atoms with Gasteiger partial charge in [-0.3, -0.25) is 19.7 Å². The third-order valence-corrected chi connectivity index (χ3v) is 4.63. The Hall–Kier alpha value is -3.10. The number of hydrogen-bond acceptors (Lipinski definition) is 7. The highest BCUT2D eigenvalue weighted by molar-refractivity contribution is 5.80. The van der Waals surface area contributed by atoms with Crippen molar-refractivity contribution in [3.63, 3.8) is 0 Å². The first-order valence-corrected chi connectivity index (χ1v) is 8.82. The van der Waals surface area contributed by atoms with Crippen LogP contribution in [-0.2, 0) is 32.3 Å². The normalized spacial score (nSPS) is 22.0. The first kappa shape index (κ1) is 19.7. The van der Waals surface area contributed by atoms with Crippen LogP contribution >= 0.6 is 0 Å². The Balaban J connectivity index is 1.68. The lowest BCUT2D eigenvalue weighted by molar-refractivity contribution is -0.384. The Morgan fingerprint density at radius 2 is 1.86 bits per heavy atom. The molecule has 0 amide bonds. The van der Waals surface area contributed by atoms with E-state index >= 15 is 0 Å². The number of rotatable bonds is 7. The van der Waals surface area contributed by atoms with Gasteiger partial charge in [-0.1, -0.05) is 30.3 Å². The monoisotopic (exact) mass is 384 g/mol. The highest BCUT2D eigenvalue weighted by Gasteiger charge is 2.46. The van der Waals surface area contributed by atoms with Crippen molar-refractivity contribution >= 4 is 17.9 Å². The minimum Gasteiger partial charge on any atom is -0.460 e. The number of hydroxylamine groups is 2. The lowest BCUT2D eigenvalue weighted by Crippen LogP contribution is -2.40. The van der Waals surface area contributed by atoms with E-state index in [4.69, 9.17) is 9.57 Å². The Kier molecular flexibility index (Phi) is 6.13. The first-order chi connectivity index (χ1) is 13.5.